The van der Waals surface area contributed by atoms with Crippen LogP contribution in [0, 0.1) is 13.8 Å². The summed E-state index contributed by atoms with van der Waals surface area (Å²) in [6.07, 6.45) is 0. The first kappa shape index (κ1) is 20.4. The second-order valence-corrected chi connectivity index (χ2v) is 7.46. The molecule has 2 amide bonds. The molecule has 26 heavy (non-hydrogen) atoms. The molecule has 0 spiro atoms. The molecule has 7 heteroatoms. The van der Waals surface area contributed by atoms with Gasteiger partial charge >= 0.3 is 0 Å². The van der Waals surface area contributed by atoms with Crippen molar-refractivity contribution in [2.75, 3.05) is 30.8 Å². The number of carbonyl (C=O) groups is 2. The predicted molar refractivity (Wildman–Crippen MR) is 110 cm³/mol. The zero-order chi connectivity index (χ0) is 19.3. The molecule has 0 aromatic heterocycles. The van der Waals surface area contributed by atoms with Gasteiger partial charge in [0.2, 0.25) is 11.8 Å². The molecule has 0 radical (unpaired) electrons. The molecule has 0 atom stereocenters. The fourth-order valence-electron chi connectivity index (χ4n) is 2.44. The van der Waals surface area contributed by atoms with E-state index in [1.165, 1.54) is 0 Å². The summed E-state index contributed by atoms with van der Waals surface area (Å²) in [5.74, 6) is -0.379. The Labute approximate surface area is 166 Å². The van der Waals surface area contributed by atoms with Crippen molar-refractivity contribution in [1.29, 1.82) is 0 Å². The molecular formula is C19H21BrClN3O2. The van der Waals surface area contributed by atoms with Crippen LogP contribution in [0.25, 0.3) is 0 Å². The van der Waals surface area contributed by atoms with Crippen LogP contribution in [0.2, 0.25) is 5.02 Å². The van der Waals surface area contributed by atoms with Crippen LogP contribution in [0.1, 0.15) is 11.1 Å². The number of amides is 2. The number of hydrogen-bond donors (Lipinski definition) is 2. The van der Waals surface area contributed by atoms with E-state index in [-0.39, 0.29) is 24.9 Å². The average Bonchev–Trinajstić information content (AvgIpc) is 2.54. The normalized spacial score (nSPS) is 10.7. The molecule has 0 heterocycles. The van der Waals surface area contributed by atoms with E-state index >= 15 is 0 Å². The smallest absolute Gasteiger partial charge is 0.238 e. The highest BCUT2D eigenvalue weighted by Crippen LogP contribution is 2.23. The number of nitrogens with one attached hydrogen (secondary N) is 2. The summed E-state index contributed by atoms with van der Waals surface area (Å²) < 4.78 is 0.957. The summed E-state index contributed by atoms with van der Waals surface area (Å²) in [7, 11) is 1.72. The van der Waals surface area contributed by atoms with Gasteiger partial charge in [0.1, 0.15) is 0 Å². The van der Waals surface area contributed by atoms with Gasteiger partial charge in [-0.25, -0.2) is 0 Å². The Hall–Kier alpha value is -1.89. The monoisotopic (exact) mass is 437 g/mol. The molecule has 2 rings (SSSR count). The van der Waals surface area contributed by atoms with E-state index in [0.29, 0.717) is 10.7 Å². The van der Waals surface area contributed by atoms with Crippen LogP contribution in [0.4, 0.5) is 11.4 Å². The molecule has 0 fully saturated rings. The van der Waals surface area contributed by atoms with Crippen molar-refractivity contribution >= 4 is 50.7 Å². The summed E-state index contributed by atoms with van der Waals surface area (Å²) in [6, 6.07) is 11.0. The average molecular weight is 439 g/mol. The molecule has 2 aromatic carbocycles. The summed E-state index contributed by atoms with van der Waals surface area (Å²) in [4.78, 5) is 26.0. The van der Waals surface area contributed by atoms with Crippen molar-refractivity contribution in [2.45, 2.75) is 13.8 Å². The van der Waals surface area contributed by atoms with Crippen LogP contribution in [-0.2, 0) is 9.59 Å². The lowest BCUT2D eigenvalue weighted by atomic mass is 10.2. The highest BCUT2D eigenvalue weighted by atomic mass is 79.9. The van der Waals surface area contributed by atoms with Gasteiger partial charge in [-0.05, 0) is 62.4 Å². The first-order valence-electron chi connectivity index (χ1n) is 8.06. The number of carbonyl (C=O) groups excluding carboxylic acids is 2. The maximum atomic E-state index is 12.2. The first-order chi connectivity index (χ1) is 12.3. The third-order valence-electron chi connectivity index (χ3n) is 3.83. The minimum Gasteiger partial charge on any atom is -0.325 e. The Morgan fingerprint density at radius 3 is 2.27 bits per heavy atom. The van der Waals surface area contributed by atoms with E-state index in [0.717, 1.165) is 21.3 Å². The highest BCUT2D eigenvalue weighted by molar-refractivity contribution is 9.10. The van der Waals surface area contributed by atoms with Gasteiger partial charge in [0, 0.05) is 20.9 Å². The van der Waals surface area contributed by atoms with Crippen LogP contribution < -0.4 is 10.6 Å². The number of aryl methyl sites for hydroxylation is 1. The van der Waals surface area contributed by atoms with Crippen molar-refractivity contribution in [3.8, 4) is 0 Å². The Bertz CT molecular complexity index is 826. The highest BCUT2D eigenvalue weighted by Gasteiger charge is 2.13. The Balaban J connectivity index is 1.87. The van der Waals surface area contributed by atoms with E-state index < -0.39 is 0 Å². The fraction of sp³-hybridized carbons (Fsp3) is 0.263. The molecule has 0 saturated heterocycles. The number of hydrogen-bond acceptors (Lipinski definition) is 3. The number of rotatable bonds is 6. The summed E-state index contributed by atoms with van der Waals surface area (Å²) in [5, 5.41) is 6.27. The SMILES string of the molecule is Cc1cc(Br)ccc1NC(=O)CN(C)CC(=O)Nc1cccc(Cl)c1C. The summed E-state index contributed by atoms with van der Waals surface area (Å²) in [6.45, 7) is 3.97. The van der Waals surface area contributed by atoms with Gasteiger partial charge in [-0.1, -0.05) is 33.6 Å². The Morgan fingerprint density at radius 2 is 1.65 bits per heavy atom. The molecule has 0 unspecified atom stereocenters. The van der Waals surface area contributed by atoms with Gasteiger partial charge in [-0.3, -0.25) is 14.5 Å². The standard InChI is InChI=1S/C19H21BrClN3O2/c1-12-9-14(20)7-8-16(12)22-18(25)10-24(3)11-19(26)23-17-6-4-5-15(21)13(17)2/h4-9H,10-11H2,1-3H3,(H,22,25)(H,23,26). The molecule has 5 nitrogen and oxygen atoms in total. The van der Waals surface area contributed by atoms with Gasteiger partial charge in [-0.15, -0.1) is 0 Å². The van der Waals surface area contributed by atoms with Crippen molar-refractivity contribution in [2.24, 2.45) is 0 Å². The van der Waals surface area contributed by atoms with Crippen LogP contribution >= 0.6 is 27.5 Å². The number of likely N-dealkylation sites (N-methyl/N-ethyl adjacent to an activating group) is 1. The quantitative estimate of drug-likeness (QED) is 0.709. The molecule has 2 aromatic rings. The second-order valence-electron chi connectivity index (χ2n) is 6.14. The molecule has 0 aliphatic carbocycles. The predicted octanol–water partition coefficient (Wildman–Crippen LogP) is 4.23. The summed E-state index contributed by atoms with van der Waals surface area (Å²) in [5.41, 5.74) is 3.20. The topological polar surface area (TPSA) is 61.4 Å². The fourth-order valence-corrected chi connectivity index (χ4v) is 3.09. The van der Waals surface area contributed by atoms with Gasteiger partial charge in [0.15, 0.2) is 0 Å². The third kappa shape index (κ3) is 5.83. The van der Waals surface area contributed by atoms with E-state index in [1.807, 2.05) is 32.0 Å². The Morgan fingerprint density at radius 1 is 1.04 bits per heavy atom. The molecule has 0 aliphatic heterocycles. The van der Waals surface area contributed by atoms with Gasteiger partial charge < -0.3 is 10.6 Å². The van der Waals surface area contributed by atoms with E-state index in [4.69, 9.17) is 11.6 Å². The van der Waals surface area contributed by atoms with E-state index in [2.05, 4.69) is 26.6 Å². The molecule has 0 bridgehead atoms. The maximum Gasteiger partial charge on any atom is 0.238 e. The maximum absolute atomic E-state index is 12.2. The van der Waals surface area contributed by atoms with Crippen LogP contribution in [0.3, 0.4) is 0 Å². The molecule has 2 N–H and O–H groups in total. The second kappa shape index (κ2) is 9.16. The van der Waals surface area contributed by atoms with E-state index in [1.54, 1.807) is 30.1 Å². The lowest BCUT2D eigenvalue weighted by Gasteiger charge is -2.17. The number of nitrogens with zero attached hydrogens (tertiary/aromatic N) is 1. The van der Waals surface area contributed by atoms with Gasteiger partial charge in [0.25, 0.3) is 0 Å². The summed E-state index contributed by atoms with van der Waals surface area (Å²) >= 11 is 9.45. The number of halogens is 2. The number of anilines is 2. The molecule has 138 valence electrons. The van der Waals surface area contributed by atoms with Crippen LogP contribution in [-0.4, -0.2) is 36.9 Å². The Kier molecular flexibility index (Phi) is 7.20. The van der Waals surface area contributed by atoms with Crippen LogP contribution in [0.15, 0.2) is 40.9 Å². The lowest BCUT2D eigenvalue weighted by Crippen LogP contribution is -2.36. The zero-order valence-electron chi connectivity index (χ0n) is 14.9. The minimum atomic E-state index is -0.203. The molecular weight excluding hydrogens is 418 g/mol. The molecule has 0 aliphatic rings. The minimum absolute atomic E-state index is 0.0959. The third-order valence-corrected chi connectivity index (χ3v) is 4.73. The van der Waals surface area contributed by atoms with Crippen molar-refractivity contribution < 1.29 is 9.59 Å². The molecule has 0 saturated carbocycles. The van der Waals surface area contributed by atoms with Gasteiger partial charge in [0.05, 0.1) is 13.1 Å². The zero-order valence-corrected chi connectivity index (χ0v) is 17.2. The number of benzene rings is 2. The van der Waals surface area contributed by atoms with Gasteiger partial charge in [-0.2, -0.15) is 0 Å². The first-order valence-corrected chi connectivity index (χ1v) is 9.23. The largest absolute Gasteiger partial charge is 0.325 e. The van der Waals surface area contributed by atoms with Crippen molar-refractivity contribution in [1.82, 2.24) is 4.90 Å². The van der Waals surface area contributed by atoms with Crippen molar-refractivity contribution in [3.63, 3.8) is 0 Å². The van der Waals surface area contributed by atoms with Crippen LogP contribution in [0.5, 0.6) is 0 Å². The lowest BCUT2D eigenvalue weighted by molar-refractivity contribution is -0.119. The van der Waals surface area contributed by atoms with E-state index in [9.17, 15) is 9.59 Å². The van der Waals surface area contributed by atoms with Crippen molar-refractivity contribution in [3.05, 3.63) is 57.0 Å².